The summed E-state index contributed by atoms with van der Waals surface area (Å²) in [7, 11) is 0. The number of aliphatic imine (C=N–C) groups is 1. The minimum absolute atomic E-state index is 0.0499. The molecule has 3 aliphatic rings. The highest BCUT2D eigenvalue weighted by Crippen LogP contribution is 2.27. The van der Waals surface area contributed by atoms with Gasteiger partial charge >= 0.3 is 11.9 Å². The molecule has 3 fully saturated rings. The van der Waals surface area contributed by atoms with E-state index in [1.807, 2.05) is 20.8 Å². The Morgan fingerprint density at radius 1 is 0.598 bits per heavy atom. The van der Waals surface area contributed by atoms with Crippen molar-refractivity contribution >= 4 is 94.6 Å². The number of benzene rings is 1. The number of nitrogens with two attached hydrogens (primary N) is 3. The minimum Gasteiger partial charge on any atom is -0.508 e. The third-order valence-electron chi connectivity index (χ3n) is 17.5. The molecule has 3 saturated heterocycles. The van der Waals surface area contributed by atoms with Gasteiger partial charge < -0.3 is 94.9 Å². The average molecular weight is 1390 g/mol. The first-order valence-corrected chi connectivity index (χ1v) is 34.7. The Morgan fingerprint density at radius 3 is 1.68 bits per heavy atom. The van der Waals surface area contributed by atoms with Gasteiger partial charge in [0, 0.05) is 39.0 Å². The van der Waals surface area contributed by atoms with Crippen LogP contribution in [0.3, 0.4) is 0 Å². The van der Waals surface area contributed by atoms with Crippen molar-refractivity contribution in [2.45, 2.75) is 224 Å². The normalized spacial score (nSPS) is 19.5. The van der Waals surface area contributed by atoms with Gasteiger partial charge in [-0.3, -0.25) is 62.5 Å². The fraction of sp³-hybridized carbons (Fsp3) is 0.688. The van der Waals surface area contributed by atoms with Gasteiger partial charge in [-0.2, -0.15) is 11.8 Å². The third kappa shape index (κ3) is 24.6. The van der Waals surface area contributed by atoms with Gasteiger partial charge in [0.05, 0.1) is 12.1 Å². The molecule has 0 spiro atoms. The van der Waals surface area contributed by atoms with E-state index in [4.69, 9.17) is 17.2 Å². The Hall–Kier alpha value is -8.33. The van der Waals surface area contributed by atoms with Gasteiger partial charge in [0.2, 0.25) is 65.0 Å². The molecule has 97 heavy (non-hydrogen) atoms. The average Bonchev–Trinajstić information content (AvgIpc) is 1.71. The molecule has 0 bridgehead atoms. The second-order valence-electron chi connectivity index (χ2n) is 26.0. The van der Waals surface area contributed by atoms with Crippen LogP contribution < -0.4 is 59.7 Å². The number of aromatic hydroxyl groups is 1. The second-order valence-corrected chi connectivity index (χ2v) is 27.0. The highest BCUT2D eigenvalue weighted by atomic mass is 32.2. The fourth-order valence-corrected chi connectivity index (χ4v) is 12.3. The summed E-state index contributed by atoms with van der Waals surface area (Å²) in [4.78, 5) is 187. The van der Waals surface area contributed by atoms with Crippen LogP contribution in [0.15, 0.2) is 29.3 Å². The van der Waals surface area contributed by atoms with Crippen LogP contribution in [0, 0.1) is 17.8 Å². The van der Waals surface area contributed by atoms with Crippen molar-refractivity contribution in [3.63, 3.8) is 0 Å². The predicted octanol–water partition coefficient (Wildman–Crippen LogP) is -1.98. The molecule has 0 radical (unpaired) electrons. The summed E-state index contributed by atoms with van der Waals surface area (Å²) in [6, 6.07) is -9.67. The number of amides is 11. The zero-order valence-corrected chi connectivity index (χ0v) is 57.8. The van der Waals surface area contributed by atoms with Gasteiger partial charge in [0.15, 0.2) is 5.96 Å². The number of carbonyl (C=O) groups is 13. The maximum Gasteiger partial charge on any atom is 0.326 e. The van der Waals surface area contributed by atoms with Crippen molar-refractivity contribution in [1.29, 1.82) is 0 Å². The summed E-state index contributed by atoms with van der Waals surface area (Å²) in [6.45, 7) is 13.7. The van der Waals surface area contributed by atoms with E-state index in [1.165, 1.54) is 64.6 Å². The number of phenolic OH excluding ortho intramolecular Hbond substituents is 1. The lowest BCUT2D eigenvalue weighted by Gasteiger charge is -2.33. The molecule has 14 atom stereocenters. The van der Waals surface area contributed by atoms with E-state index in [0.29, 0.717) is 43.4 Å². The molecule has 0 aliphatic carbocycles. The van der Waals surface area contributed by atoms with Crippen LogP contribution in [0.25, 0.3) is 0 Å². The quantitative estimate of drug-likeness (QED) is 0.0194. The van der Waals surface area contributed by atoms with Crippen molar-refractivity contribution in [3.05, 3.63) is 29.8 Å². The summed E-state index contributed by atoms with van der Waals surface area (Å²) in [5, 5.41) is 61.3. The molecular weight excluding hydrogens is 1280 g/mol. The number of likely N-dealkylation sites (tertiary alicyclic amines) is 3. The number of thioether (sulfide) groups is 1. The van der Waals surface area contributed by atoms with Crippen molar-refractivity contribution in [2.24, 2.45) is 39.9 Å². The first-order valence-electron chi connectivity index (χ1n) is 33.3. The Morgan fingerprint density at radius 2 is 1.12 bits per heavy atom. The second kappa shape index (κ2) is 39.2. The van der Waals surface area contributed by atoms with Crippen LogP contribution in [-0.2, 0) is 68.7 Å². The smallest absolute Gasteiger partial charge is 0.326 e. The van der Waals surface area contributed by atoms with Crippen LogP contribution in [0.5, 0.6) is 5.75 Å². The number of carboxylic acid groups (broad SMARTS) is 2. The summed E-state index contributed by atoms with van der Waals surface area (Å²) in [5.74, 6) is -11.9. The Balaban J connectivity index is 1.45. The molecule has 33 heteroatoms. The topological polar surface area (TPSA) is 499 Å². The number of nitrogens with one attached hydrogen (secondary N) is 8. The molecule has 4 rings (SSSR count). The van der Waals surface area contributed by atoms with Gasteiger partial charge in [-0.25, -0.2) is 4.79 Å². The van der Waals surface area contributed by atoms with Gasteiger partial charge in [-0.1, -0.05) is 60.1 Å². The number of aliphatic hydroxyl groups is 1. The first kappa shape index (κ1) is 81.1. The van der Waals surface area contributed by atoms with Gasteiger partial charge in [-0.05, 0) is 132 Å². The molecule has 0 aromatic heterocycles. The van der Waals surface area contributed by atoms with Crippen LogP contribution in [0.1, 0.15) is 144 Å². The summed E-state index contributed by atoms with van der Waals surface area (Å²) in [5.41, 5.74) is 17.3. The van der Waals surface area contributed by atoms with Gasteiger partial charge in [-0.15, -0.1) is 0 Å². The SMILES string of the molecule is CC[C@H](C)[C@H](NC(=O)[C@@H](NC(=O)[C@@H](N)CCCN=C(N)N)C(C)C)C(=O)N[C@@H](CC(C)C)C(=O)N1CCC[C@H]1C(=O)N[C@H](C(=O)N[C@@H](C)C(=O)N1CCC[C@H]1C(=O)N1CCC[C@H]1C(=O)N[C@@H](CCC(=O)O)C(=O)N[C@@H](Cc1ccc(O)cc1)C(=O)N[C@@H](CCSC)C(=O)O)[C@@H](C)O. The predicted molar refractivity (Wildman–Crippen MR) is 358 cm³/mol. The van der Waals surface area contributed by atoms with E-state index >= 15 is 0 Å². The highest BCUT2D eigenvalue weighted by molar-refractivity contribution is 7.98. The number of hydrogen-bond donors (Lipinski definition) is 15. The fourth-order valence-electron chi connectivity index (χ4n) is 11.8. The molecule has 0 unspecified atom stereocenters. The maximum atomic E-state index is 14.6. The molecular formula is C64H103N15O17S. The number of aliphatic hydroxyl groups excluding tert-OH is 1. The zero-order valence-electron chi connectivity index (χ0n) is 57.0. The van der Waals surface area contributed by atoms with Crippen molar-refractivity contribution < 1.29 is 82.8 Å². The van der Waals surface area contributed by atoms with E-state index in [9.17, 15) is 82.8 Å². The van der Waals surface area contributed by atoms with E-state index in [2.05, 4.69) is 47.5 Å². The van der Waals surface area contributed by atoms with Crippen LogP contribution in [0.4, 0.5) is 0 Å². The molecule has 11 amide bonds. The highest BCUT2D eigenvalue weighted by Gasteiger charge is 2.46. The Bertz CT molecular complexity index is 2950. The van der Waals surface area contributed by atoms with Crippen molar-refractivity contribution in [2.75, 3.05) is 38.2 Å². The number of carbonyl (C=O) groups excluding carboxylic acids is 11. The Kier molecular flexibility index (Phi) is 32.7. The maximum absolute atomic E-state index is 14.6. The van der Waals surface area contributed by atoms with E-state index < -0.39 is 180 Å². The Labute approximate surface area is 570 Å². The summed E-state index contributed by atoms with van der Waals surface area (Å²) in [6.07, 6.45) is 1.56. The number of rotatable bonds is 38. The number of hydrogen-bond acceptors (Lipinski definition) is 18. The van der Waals surface area contributed by atoms with E-state index in [0.717, 1.165) is 0 Å². The number of guanidine groups is 1. The van der Waals surface area contributed by atoms with Crippen LogP contribution >= 0.6 is 11.8 Å². The lowest BCUT2D eigenvalue weighted by atomic mass is 9.95. The molecule has 32 nitrogen and oxygen atoms in total. The van der Waals surface area contributed by atoms with E-state index in [1.54, 1.807) is 27.0 Å². The van der Waals surface area contributed by atoms with Crippen molar-refractivity contribution in [1.82, 2.24) is 57.2 Å². The lowest BCUT2D eigenvalue weighted by Crippen LogP contribution is -2.62. The standard InChI is InChI=1S/C64H103N15O17S/c1-10-35(6)50(75-57(89)49(34(4)5)74-52(84)40(65)15-11-26-68-64(66)67)58(90)73-44(31-33(2)3)61(93)77-27-12-17-46(77)56(88)76-51(37(8)80)59(91)69-36(7)60(92)79-29-14-18-47(79)62(94)78-28-13-16-45(78)55(87)70-41(23-24-48(82)83)53(85)72-43(32-38-19-21-39(81)22-20-38)54(86)71-42(63(95)96)25-30-97-9/h19-22,33-37,40-47,49-51,80-81H,10-18,23-32,65H2,1-9H3,(H,69,91)(H,70,87)(H,71,86)(H,72,85)(H,73,90)(H,74,84)(H,75,89)(H,76,88)(H,82,83)(H,95,96)(H4,66,67,68)/t35-,36-,37+,40-,41-,42-,43-,44-,45-,46-,47-,49-,50-,51-/m0/s1. The van der Waals surface area contributed by atoms with Crippen molar-refractivity contribution in [3.8, 4) is 5.75 Å². The first-order chi connectivity index (χ1) is 45.7. The van der Waals surface area contributed by atoms with E-state index in [-0.39, 0.29) is 88.8 Å². The minimum atomic E-state index is -1.67. The lowest BCUT2D eigenvalue weighted by molar-refractivity contribution is -0.148. The molecule has 18 N–H and O–H groups in total. The third-order valence-corrected chi connectivity index (χ3v) is 18.1. The molecule has 0 saturated carbocycles. The number of aliphatic carboxylic acids is 2. The van der Waals surface area contributed by atoms with Gasteiger partial charge in [0.25, 0.3) is 0 Å². The monoisotopic (exact) mass is 1390 g/mol. The summed E-state index contributed by atoms with van der Waals surface area (Å²) < 4.78 is 0. The van der Waals surface area contributed by atoms with Crippen LogP contribution in [0.2, 0.25) is 0 Å². The van der Waals surface area contributed by atoms with Crippen LogP contribution in [-0.4, -0.2) is 235 Å². The number of nitrogens with zero attached hydrogens (tertiary/aromatic N) is 4. The van der Waals surface area contributed by atoms with Gasteiger partial charge in [0.1, 0.15) is 72.2 Å². The molecule has 542 valence electrons. The number of phenols is 1. The molecule has 3 aliphatic heterocycles. The molecule has 1 aromatic rings. The summed E-state index contributed by atoms with van der Waals surface area (Å²) >= 11 is 1.35. The number of carboxylic acids is 2. The largest absolute Gasteiger partial charge is 0.508 e. The molecule has 1 aromatic carbocycles. The molecule has 3 heterocycles. The zero-order chi connectivity index (χ0) is 72.5.